The Morgan fingerprint density at radius 1 is 1.00 bits per heavy atom. The number of thioether (sulfide) groups is 1. The van der Waals surface area contributed by atoms with Crippen LogP contribution in [-0.4, -0.2) is 9.97 Å². The summed E-state index contributed by atoms with van der Waals surface area (Å²) in [6, 6.07) is 19.9. The van der Waals surface area contributed by atoms with Gasteiger partial charge in [-0.15, -0.1) is 11.8 Å². The van der Waals surface area contributed by atoms with Gasteiger partial charge in [-0.2, -0.15) is 5.26 Å². The van der Waals surface area contributed by atoms with Gasteiger partial charge in [0.2, 0.25) is 0 Å². The molecule has 0 spiro atoms. The predicted octanol–water partition coefficient (Wildman–Crippen LogP) is 4.62. The van der Waals surface area contributed by atoms with Crippen molar-refractivity contribution in [3.63, 3.8) is 0 Å². The largest absolute Gasteiger partial charge is 0.255 e. The zero-order valence-corrected chi connectivity index (χ0v) is 13.5. The van der Waals surface area contributed by atoms with Gasteiger partial charge in [0.25, 0.3) is 0 Å². The smallest absolute Gasteiger partial charge is 0.115 e. The van der Waals surface area contributed by atoms with Gasteiger partial charge >= 0.3 is 0 Å². The van der Waals surface area contributed by atoms with E-state index in [1.165, 1.54) is 11.1 Å². The van der Waals surface area contributed by atoms with Crippen LogP contribution >= 0.6 is 11.8 Å². The number of rotatable bonds is 4. The molecule has 0 fully saturated rings. The highest BCUT2D eigenvalue weighted by molar-refractivity contribution is 7.98. The molecule has 0 unspecified atom stereocenters. The molecule has 0 atom stereocenters. The second-order valence-corrected chi connectivity index (χ2v) is 6.06. The summed E-state index contributed by atoms with van der Waals surface area (Å²) in [4.78, 5) is 8.96. The number of nitriles is 1. The Morgan fingerprint density at radius 3 is 2.57 bits per heavy atom. The topological polar surface area (TPSA) is 49.6 Å². The lowest BCUT2D eigenvalue weighted by Gasteiger charge is -2.08. The molecule has 112 valence electrons. The van der Waals surface area contributed by atoms with Crippen LogP contribution in [-0.2, 0) is 5.75 Å². The molecular formula is C19H15N3S. The maximum absolute atomic E-state index is 9.31. The minimum Gasteiger partial charge on any atom is -0.255 e. The molecule has 0 aliphatic heterocycles. The van der Waals surface area contributed by atoms with Crippen LogP contribution in [0.25, 0.3) is 11.4 Å². The highest BCUT2D eigenvalue weighted by Gasteiger charge is 2.09. The summed E-state index contributed by atoms with van der Waals surface area (Å²) in [5, 5.41) is 10.1. The quantitative estimate of drug-likeness (QED) is 0.659. The van der Waals surface area contributed by atoms with Crippen LogP contribution in [0.2, 0.25) is 0 Å². The van der Waals surface area contributed by atoms with Crippen LogP contribution in [0.3, 0.4) is 0 Å². The highest BCUT2D eigenvalue weighted by atomic mass is 32.2. The number of aryl methyl sites for hydroxylation is 1. The first kappa shape index (κ1) is 15.3. The first-order valence-electron chi connectivity index (χ1n) is 7.28. The lowest BCUT2D eigenvalue weighted by Crippen LogP contribution is -1.93. The fourth-order valence-electron chi connectivity index (χ4n) is 2.21. The zero-order valence-electron chi connectivity index (χ0n) is 12.7. The molecular weight excluding hydrogens is 302 g/mol. The fraction of sp³-hybridized carbons (Fsp3) is 0.105. The molecule has 0 radical (unpaired) electrons. The van der Waals surface area contributed by atoms with Gasteiger partial charge in [-0.3, -0.25) is 4.98 Å². The summed E-state index contributed by atoms with van der Waals surface area (Å²) >= 11 is 1.59. The summed E-state index contributed by atoms with van der Waals surface area (Å²) in [5.41, 5.74) is 4.71. The molecule has 3 rings (SSSR count). The van der Waals surface area contributed by atoms with Gasteiger partial charge in [0.05, 0.1) is 17.0 Å². The molecule has 0 aliphatic rings. The van der Waals surface area contributed by atoms with Crippen molar-refractivity contribution in [3.05, 3.63) is 77.5 Å². The molecule has 23 heavy (non-hydrogen) atoms. The maximum atomic E-state index is 9.31. The van der Waals surface area contributed by atoms with Crippen molar-refractivity contribution in [1.29, 1.82) is 5.26 Å². The van der Waals surface area contributed by atoms with Crippen molar-refractivity contribution in [2.24, 2.45) is 0 Å². The number of hydrogen-bond donors (Lipinski definition) is 0. The van der Waals surface area contributed by atoms with E-state index in [1.807, 2.05) is 42.5 Å². The molecule has 0 N–H and O–H groups in total. The highest BCUT2D eigenvalue weighted by Crippen LogP contribution is 2.27. The van der Waals surface area contributed by atoms with E-state index in [4.69, 9.17) is 0 Å². The normalized spacial score (nSPS) is 10.3. The molecule has 0 bridgehead atoms. The average Bonchev–Trinajstić information content (AvgIpc) is 2.61. The van der Waals surface area contributed by atoms with Gasteiger partial charge in [-0.25, -0.2) is 4.98 Å². The van der Waals surface area contributed by atoms with E-state index in [2.05, 4.69) is 35.1 Å². The number of hydrogen-bond acceptors (Lipinski definition) is 4. The van der Waals surface area contributed by atoms with Crippen LogP contribution < -0.4 is 0 Å². The molecule has 3 aromatic rings. The third-order valence-corrected chi connectivity index (χ3v) is 4.57. The summed E-state index contributed by atoms with van der Waals surface area (Å²) in [6.07, 6.45) is 1.75. The predicted molar refractivity (Wildman–Crippen MR) is 92.9 cm³/mol. The molecule has 1 aromatic carbocycles. The number of benzene rings is 1. The minimum atomic E-state index is 0.600. The summed E-state index contributed by atoms with van der Waals surface area (Å²) < 4.78 is 0. The summed E-state index contributed by atoms with van der Waals surface area (Å²) in [7, 11) is 0. The van der Waals surface area contributed by atoms with E-state index in [-0.39, 0.29) is 0 Å². The molecule has 3 nitrogen and oxygen atoms in total. The van der Waals surface area contributed by atoms with Crippen LogP contribution in [0, 0.1) is 18.3 Å². The molecule has 0 aliphatic carbocycles. The maximum Gasteiger partial charge on any atom is 0.115 e. The lowest BCUT2D eigenvalue weighted by atomic mass is 10.1. The Hall–Kier alpha value is -2.64. The second kappa shape index (κ2) is 7.08. The third-order valence-electron chi connectivity index (χ3n) is 3.53. The molecule has 2 aromatic heterocycles. The molecule has 4 heteroatoms. The number of nitrogens with zero attached hydrogens (tertiary/aromatic N) is 3. The van der Waals surface area contributed by atoms with E-state index in [0.29, 0.717) is 5.56 Å². The lowest BCUT2D eigenvalue weighted by molar-refractivity contribution is 1.10. The van der Waals surface area contributed by atoms with Crippen molar-refractivity contribution in [2.75, 3.05) is 0 Å². The van der Waals surface area contributed by atoms with Crippen molar-refractivity contribution in [2.45, 2.75) is 17.7 Å². The van der Waals surface area contributed by atoms with Crippen molar-refractivity contribution >= 4 is 11.8 Å². The van der Waals surface area contributed by atoms with Gasteiger partial charge in [0.1, 0.15) is 11.1 Å². The molecule has 0 amide bonds. The summed E-state index contributed by atoms with van der Waals surface area (Å²) in [5.74, 6) is 0.792. The third kappa shape index (κ3) is 3.58. The first-order valence-corrected chi connectivity index (χ1v) is 8.26. The van der Waals surface area contributed by atoms with Gasteiger partial charge in [0, 0.05) is 11.9 Å². The van der Waals surface area contributed by atoms with E-state index < -0.39 is 0 Å². The SMILES string of the molecule is Cc1ccccc1CSc1nc(-c2ccccn2)ccc1C#N. The van der Waals surface area contributed by atoms with Crippen LogP contribution in [0.15, 0.2) is 65.8 Å². The molecule has 2 heterocycles. The van der Waals surface area contributed by atoms with Crippen LogP contribution in [0.4, 0.5) is 0 Å². The Labute approximate surface area is 140 Å². The zero-order chi connectivity index (χ0) is 16.1. The van der Waals surface area contributed by atoms with Gasteiger partial charge in [-0.05, 0) is 42.3 Å². The second-order valence-electron chi connectivity index (χ2n) is 5.09. The monoisotopic (exact) mass is 317 g/mol. The Balaban J connectivity index is 1.89. The van der Waals surface area contributed by atoms with E-state index in [1.54, 1.807) is 18.0 Å². The average molecular weight is 317 g/mol. The van der Waals surface area contributed by atoms with E-state index in [9.17, 15) is 5.26 Å². The number of pyridine rings is 2. The van der Waals surface area contributed by atoms with Gasteiger partial charge in [-0.1, -0.05) is 30.3 Å². The standard InChI is InChI=1S/C19H15N3S/c1-14-6-2-3-7-16(14)13-23-19-15(12-20)9-10-18(22-19)17-8-4-5-11-21-17/h2-11H,13H2,1H3. The van der Waals surface area contributed by atoms with Crippen LogP contribution in [0.5, 0.6) is 0 Å². The van der Waals surface area contributed by atoms with Gasteiger partial charge in [0.15, 0.2) is 0 Å². The van der Waals surface area contributed by atoms with E-state index in [0.717, 1.165) is 22.2 Å². The molecule has 0 saturated heterocycles. The Morgan fingerprint density at radius 2 is 1.83 bits per heavy atom. The molecule has 0 saturated carbocycles. The number of aromatic nitrogens is 2. The Kier molecular flexibility index (Phi) is 4.70. The minimum absolute atomic E-state index is 0.600. The fourth-order valence-corrected chi connectivity index (χ4v) is 3.26. The van der Waals surface area contributed by atoms with Crippen LogP contribution in [0.1, 0.15) is 16.7 Å². The van der Waals surface area contributed by atoms with Crippen molar-refractivity contribution in [1.82, 2.24) is 9.97 Å². The van der Waals surface area contributed by atoms with Crippen molar-refractivity contribution in [3.8, 4) is 17.5 Å². The van der Waals surface area contributed by atoms with Crippen molar-refractivity contribution < 1.29 is 0 Å². The van der Waals surface area contributed by atoms with Gasteiger partial charge < -0.3 is 0 Å². The van der Waals surface area contributed by atoms with E-state index >= 15 is 0 Å². The first-order chi connectivity index (χ1) is 11.3. The Bertz CT molecular complexity index is 854. The summed E-state index contributed by atoms with van der Waals surface area (Å²) in [6.45, 7) is 2.10.